The van der Waals surface area contributed by atoms with E-state index in [2.05, 4.69) is 4.72 Å². The lowest BCUT2D eigenvalue weighted by Gasteiger charge is -2.12. The van der Waals surface area contributed by atoms with Crippen molar-refractivity contribution >= 4 is 15.7 Å². The van der Waals surface area contributed by atoms with E-state index in [1.165, 1.54) is 0 Å². The fourth-order valence-electron chi connectivity index (χ4n) is 1.84. The van der Waals surface area contributed by atoms with Gasteiger partial charge in [-0.3, -0.25) is 4.72 Å². The van der Waals surface area contributed by atoms with E-state index in [1.807, 2.05) is 13.8 Å². The van der Waals surface area contributed by atoms with Gasteiger partial charge in [-0.2, -0.15) is 0 Å². The Morgan fingerprint density at radius 2 is 1.75 bits per heavy atom. The largest absolute Gasteiger partial charge is 0.392 e. The smallest absolute Gasteiger partial charge is 0.261 e. The van der Waals surface area contributed by atoms with Crippen LogP contribution >= 0.6 is 0 Å². The summed E-state index contributed by atoms with van der Waals surface area (Å²) in [6, 6.07) is 11.8. The molecule has 0 bridgehead atoms. The van der Waals surface area contributed by atoms with E-state index < -0.39 is 10.0 Å². The summed E-state index contributed by atoms with van der Waals surface area (Å²) in [5.74, 6) is 0. The molecule has 0 fully saturated rings. The summed E-state index contributed by atoms with van der Waals surface area (Å²) in [5.41, 5.74) is 2.90. The molecule has 0 atom stereocenters. The molecular weight excluding hydrogens is 274 g/mol. The topological polar surface area (TPSA) is 66.4 Å². The Kier molecular flexibility index (Phi) is 4.11. The number of aliphatic hydroxyl groups is 1. The second kappa shape index (κ2) is 5.64. The van der Waals surface area contributed by atoms with Crippen LogP contribution in [0, 0.1) is 13.8 Å². The van der Waals surface area contributed by atoms with Crippen LogP contribution in [0.5, 0.6) is 0 Å². The van der Waals surface area contributed by atoms with Gasteiger partial charge in [0, 0.05) is 5.56 Å². The maximum absolute atomic E-state index is 12.3. The van der Waals surface area contributed by atoms with Crippen molar-refractivity contribution in [3.63, 3.8) is 0 Å². The van der Waals surface area contributed by atoms with Gasteiger partial charge in [0.05, 0.1) is 17.2 Å². The lowest BCUT2D eigenvalue weighted by atomic mass is 10.1. The summed E-state index contributed by atoms with van der Waals surface area (Å²) in [6.45, 7) is 3.59. The lowest BCUT2D eigenvalue weighted by molar-refractivity contribution is 0.282. The van der Waals surface area contributed by atoms with Gasteiger partial charge in [0.1, 0.15) is 0 Å². The summed E-state index contributed by atoms with van der Waals surface area (Å²) in [4.78, 5) is 0.216. The Morgan fingerprint density at radius 3 is 2.40 bits per heavy atom. The van der Waals surface area contributed by atoms with Crippen LogP contribution in [0.15, 0.2) is 47.4 Å². The van der Waals surface area contributed by atoms with E-state index in [9.17, 15) is 13.5 Å². The van der Waals surface area contributed by atoms with Crippen LogP contribution in [-0.2, 0) is 16.6 Å². The van der Waals surface area contributed by atoms with Crippen LogP contribution in [0.1, 0.15) is 16.7 Å². The highest BCUT2D eigenvalue weighted by Crippen LogP contribution is 2.21. The van der Waals surface area contributed by atoms with Gasteiger partial charge in [0.15, 0.2) is 0 Å². The number of hydrogen-bond acceptors (Lipinski definition) is 3. The van der Waals surface area contributed by atoms with Gasteiger partial charge in [-0.05, 0) is 43.2 Å². The molecule has 0 aliphatic rings. The Balaban J connectivity index is 2.38. The van der Waals surface area contributed by atoms with Crippen molar-refractivity contribution < 1.29 is 13.5 Å². The van der Waals surface area contributed by atoms with Gasteiger partial charge >= 0.3 is 0 Å². The number of anilines is 1. The molecule has 106 valence electrons. The molecule has 20 heavy (non-hydrogen) atoms. The molecule has 2 aromatic rings. The lowest BCUT2D eigenvalue weighted by Crippen LogP contribution is -2.14. The zero-order chi connectivity index (χ0) is 14.8. The van der Waals surface area contributed by atoms with Crippen LogP contribution < -0.4 is 4.72 Å². The summed E-state index contributed by atoms with van der Waals surface area (Å²) < 4.78 is 27.2. The van der Waals surface area contributed by atoms with Crippen LogP contribution in [0.4, 0.5) is 5.69 Å². The highest BCUT2D eigenvalue weighted by Gasteiger charge is 2.16. The molecule has 2 rings (SSSR count). The first-order valence-electron chi connectivity index (χ1n) is 6.23. The van der Waals surface area contributed by atoms with E-state index in [0.717, 1.165) is 11.1 Å². The number of nitrogens with one attached hydrogen (secondary N) is 1. The van der Waals surface area contributed by atoms with Crippen LogP contribution in [0.3, 0.4) is 0 Å². The molecule has 0 aliphatic heterocycles. The van der Waals surface area contributed by atoms with E-state index in [1.54, 1.807) is 42.5 Å². The number of hydrogen-bond donors (Lipinski definition) is 2. The van der Waals surface area contributed by atoms with Crippen molar-refractivity contribution in [3.05, 3.63) is 59.2 Å². The molecule has 0 saturated carbocycles. The van der Waals surface area contributed by atoms with Gasteiger partial charge in [0.2, 0.25) is 0 Å². The number of rotatable bonds is 4. The molecule has 0 aromatic heterocycles. The minimum Gasteiger partial charge on any atom is -0.392 e. The van der Waals surface area contributed by atoms with Crippen molar-refractivity contribution in [3.8, 4) is 0 Å². The summed E-state index contributed by atoms with van der Waals surface area (Å²) in [5, 5.41) is 9.23. The predicted molar refractivity (Wildman–Crippen MR) is 79.1 cm³/mol. The van der Waals surface area contributed by atoms with Crippen LogP contribution in [0.2, 0.25) is 0 Å². The van der Waals surface area contributed by atoms with E-state index >= 15 is 0 Å². The van der Waals surface area contributed by atoms with Crippen molar-refractivity contribution in [1.82, 2.24) is 0 Å². The van der Waals surface area contributed by atoms with Crippen LogP contribution in [-0.4, -0.2) is 13.5 Å². The van der Waals surface area contributed by atoms with Crippen LogP contribution in [0.25, 0.3) is 0 Å². The third-order valence-electron chi connectivity index (χ3n) is 3.22. The summed E-state index contributed by atoms with van der Waals surface area (Å²) in [7, 11) is -3.65. The fraction of sp³-hybridized carbons (Fsp3) is 0.200. The highest BCUT2D eigenvalue weighted by atomic mass is 32.2. The number of benzene rings is 2. The van der Waals surface area contributed by atoms with Gasteiger partial charge in [-0.25, -0.2) is 8.42 Å². The molecule has 5 heteroatoms. The van der Waals surface area contributed by atoms with E-state index in [4.69, 9.17) is 0 Å². The van der Waals surface area contributed by atoms with Gasteiger partial charge < -0.3 is 5.11 Å². The minimum atomic E-state index is -3.65. The maximum Gasteiger partial charge on any atom is 0.261 e. The number of aliphatic hydroxyl groups excluding tert-OH is 1. The van der Waals surface area contributed by atoms with Crippen molar-refractivity contribution in [2.75, 3.05) is 4.72 Å². The molecule has 0 heterocycles. The first kappa shape index (κ1) is 14.6. The molecule has 0 unspecified atom stereocenters. The molecule has 0 saturated heterocycles. The first-order chi connectivity index (χ1) is 9.44. The van der Waals surface area contributed by atoms with Gasteiger partial charge in [-0.15, -0.1) is 0 Å². The average Bonchev–Trinajstić information content (AvgIpc) is 2.42. The Bertz CT molecular complexity index is 724. The average molecular weight is 291 g/mol. The van der Waals surface area contributed by atoms with Gasteiger partial charge in [-0.1, -0.05) is 24.3 Å². The quantitative estimate of drug-likeness (QED) is 0.910. The summed E-state index contributed by atoms with van der Waals surface area (Å²) in [6.07, 6.45) is 0. The summed E-state index contributed by atoms with van der Waals surface area (Å²) >= 11 is 0. The Morgan fingerprint density at radius 1 is 1.05 bits per heavy atom. The minimum absolute atomic E-state index is 0.216. The zero-order valence-corrected chi connectivity index (χ0v) is 12.2. The third kappa shape index (κ3) is 3.00. The second-order valence-electron chi connectivity index (χ2n) is 4.67. The van der Waals surface area contributed by atoms with Crippen molar-refractivity contribution in [2.45, 2.75) is 25.3 Å². The predicted octanol–water partition coefficient (Wildman–Crippen LogP) is 2.60. The number of sulfonamides is 1. The molecular formula is C15H17NO3S. The first-order valence-corrected chi connectivity index (χ1v) is 7.71. The normalized spacial score (nSPS) is 11.3. The zero-order valence-electron chi connectivity index (χ0n) is 11.4. The molecule has 2 N–H and O–H groups in total. The molecule has 0 aliphatic carbocycles. The monoisotopic (exact) mass is 291 g/mol. The fourth-order valence-corrected chi connectivity index (χ4v) is 3.03. The standard InChI is InChI=1S/C15H17NO3S/c1-11-7-8-14(9-12(11)2)20(18,19)16-15-6-4-3-5-13(15)10-17/h3-9,16-17H,10H2,1-2H3. The Labute approximate surface area is 119 Å². The van der Waals surface area contributed by atoms with E-state index in [-0.39, 0.29) is 11.5 Å². The Hall–Kier alpha value is -1.85. The SMILES string of the molecule is Cc1ccc(S(=O)(=O)Nc2ccccc2CO)cc1C. The molecule has 4 nitrogen and oxygen atoms in total. The second-order valence-corrected chi connectivity index (χ2v) is 6.35. The number of aryl methyl sites for hydroxylation is 2. The molecule has 2 aromatic carbocycles. The van der Waals surface area contributed by atoms with Crippen molar-refractivity contribution in [2.24, 2.45) is 0 Å². The molecule has 0 amide bonds. The molecule has 0 radical (unpaired) electrons. The molecule has 0 spiro atoms. The maximum atomic E-state index is 12.3. The van der Waals surface area contributed by atoms with E-state index in [0.29, 0.717) is 11.3 Å². The highest BCUT2D eigenvalue weighted by molar-refractivity contribution is 7.92. The third-order valence-corrected chi connectivity index (χ3v) is 4.58. The van der Waals surface area contributed by atoms with Gasteiger partial charge in [0.25, 0.3) is 10.0 Å². The van der Waals surface area contributed by atoms with Crippen molar-refractivity contribution in [1.29, 1.82) is 0 Å². The number of para-hydroxylation sites is 1.